The topological polar surface area (TPSA) is 139 Å². The Labute approximate surface area is 262 Å². The molecule has 0 radical (unpaired) electrons. The zero-order chi connectivity index (χ0) is 33.4. The fraction of sp³-hybridized carbons (Fsp3) is 0.517. The number of carboxylic acid groups (broad SMARTS) is 1. The molecule has 1 aliphatic carbocycles. The van der Waals surface area contributed by atoms with E-state index in [1.165, 1.54) is 60.6 Å². The van der Waals surface area contributed by atoms with Gasteiger partial charge in [0.15, 0.2) is 6.04 Å². The number of benzene rings is 2. The van der Waals surface area contributed by atoms with Crippen molar-refractivity contribution in [3.8, 4) is 5.75 Å². The molecule has 2 aromatic rings. The van der Waals surface area contributed by atoms with Gasteiger partial charge in [0.25, 0.3) is 5.92 Å². The van der Waals surface area contributed by atoms with Gasteiger partial charge in [0, 0.05) is 29.7 Å². The number of nitrogens with two attached hydrogens (primary N) is 1. The molecule has 1 atom stereocenters. The Morgan fingerprint density at radius 1 is 0.956 bits per heavy atom. The number of hydrogen-bond acceptors (Lipinski definition) is 6. The number of carboxylic acids is 1. The maximum Gasteiger partial charge on any atom is 0.490 e. The third-order valence-electron chi connectivity index (χ3n) is 7.55. The second-order valence-corrected chi connectivity index (χ2v) is 13.1. The lowest BCUT2D eigenvalue weighted by Crippen LogP contribution is -2.57. The van der Waals surface area contributed by atoms with Gasteiger partial charge in [-0.05, 0) is 68.0 Å². The number of aliphatic carboxylic acids is 1. The largest absolute Gasteiger partial charge is 0.493 e. The van der Waals surface area contributed by atoms with E-state index in [9.17, 15) is 26.4 Å². The number of piperidine rings is 1. The van der Waals surface area contributed by atoms with E-state index in [-0.39, 0.29) is 29.0 Å². The second-order valence-electron chi connectivity index (χ2n) is 10.9. The third-order valence-corrected chi connectivity index (χ3v) is 9.24. The first-order chi connectivity index (χ1) is 21.0. The molecule has 9 nitrogen and oxygen atoms in total. The highest BCUT2D eigenvalue weighted by atomic mass is 35.5. The number of amides is 1. The highest BCUT2D eigenvalue weighted by molar-refractivity contribution is 7.89. The number of carbonyl (C=O) groups is 2. The Kier molecular flexibility index (Phi) is 12.6. The molecule has 0 unspecified atom stereocenters. The third kappa shape index (κ3) is 10.5. The van der Waals surface area contributed by atoms with Gasteiger partial charge >= 0.3 is 12.1 Å². The first kappa shape index (κ1) is 36.5. The molecule has 250 valence electrons. The van der Waals surface area contributed by atoms with E-state index in [0.29, 0.717) is 31.1 Å². The lowest BCUT2D eigenvalue weighted by atomic mass is 9.90. The smallest absolute Gasteiger partial charge is 0.490 e. The molecule has 0 bridgehead atoms. The number of nitrogens with one attached hydrogen (secondary N) is 1. The van der Waals surface area contributed by atoms with Crippen molar-refractivity contribution < 1.29 is 49.8 Å². The standard InChI is InChI=1S/C27H34ClF2N3O4S.C2HF3O2/c28-21-8-6-20(7-9-21)27(29,30)25(26(34)33-16-14-22(31)15-17-33)32-38(35,36)24-12-10-23(11-13-24)37-18-19-4-2-1-3-5-19;3-2(4,5)1(6)7/h6-13,19,22,25,32H,1-5,14-18,31H2;(H,6,7)/t25-;/m1./s1. The average Bonchev–Trinajstić information content (AvgIpc) is 2.99. The van der Waals surface area contributed by atoms with Gasteiger partial charge in [0.1, 0.15) is 5.75 Å². The van der Waals surface area contributed by atoms with Crippen LogP contribution in [0.3, 0.4) is 0 Å². The fourth-order valence-corrected chi connectivity index (χ4v) is 6.24. The summed E-state index contributed by atoms with van der Waals surface area (Å²) in [5, 5.41) is 7.36. The summed E-state index contributed by atoms with van der Waals surface area (Å²) >= 11 is 5.85. The van der Waals surface area contributed by atoms with Crippen LogP contribution in [0.4, 0.5) is 22.0 Å². The molecule has 45 heavy (non-hydrogen) atoms. The Balaban J connectivity index is 0.000000707. The quantitative estimate of drug-likeness (QED) is 0.304. The van der Waals surface area contributed by atoms with Crippen molar-refractivity contribution >= 4 is 33.5 Å². The van der Waals surface area contributed by atoms with Crippen LogP contribution in [0.1, 0.15) is 50.5 Å². The summed E-state index contributed by atoms with van der Waals surface area (Å²) in [6.45, 7) is 0.887. The molecule has 4 N–H and O–H groups in total. The zero-order valence-electron chi connectivity index (χ0n) is 24.1. The number of likely N-dealkylation sites (tertiary alicyclic amines) is 1. The maximum atomic E-state index is 15.8. The first-order valence-electron chi connectivity index (χ1n) is 14.2. The van der Waals surface area contributed by atoms with Crippen LogP contribution in [-0.4, -0.2) is 68.3 Å². The van der Waals surface area contributed by atoms with Crippen LogP contribution >= 0.6 is 11.6 Å². The molecule has 0 aromatic heterocycles. The van der Waals surface area contributed by atoms with Crippen molar-refractivity contribution in [2.45, 2.75) is 74.0 Å². The Bertz CT molecular complexity index is 1380. The molecule has 2 fully saturated rings. The molecule has 4 rings (SSSR count). The highest BCUT2D eigenvalue weighted by Gasteiger charge is 2.50. The van der Waals surface area contributed by atoms with Crippen LogP contribution in [-0.2, 0) is 25.5 Å². The Morgan fingerprint density at radius 3 is 2.00 bits per heavy atom. The summed E-state index contributed by atoms with van der Waals surface area (Å²) in [5.74, 6) is -6.64. The fourth-order valence-electron chi connectivity index (χ4n) is 4.93. The van der Waals surface area contributed by atoms with Crippen molar-refractivity contribution in [3.63, 3.8) is 0 Å². The van der Waals surface area contributed by atoms with E-state index in [4.69, 9.17) is 32.0 Å². The molecule has 1 aliphatic heterocycles. The monoisotopic (exact) mass is 683 g/mol. The summed E-state index contributed by atoms with van der Waals surface area (Å²) in [4.78, 5) is 23.2. The normalized spacial score (nSPS) is 17.6. The predicted octanol–water partition coefficient (Wildman–Crippen LogP) is 5.32. The molecular weight excluding hydrogens is 649 g/mol. The van der Waals surface area contributed by atoms with Gasteiger partial charge in [-0.15, -0.1) is 0 Å². The Hall–Kier alpha value is -3.01. The lowest BCUT2D eigenvalue weighted by Gasteiger charge is -2.35. The molecule has 1 heterocycles. The van der Waals surface area contributed by atoms with Crippen molar-refractivity contribution in [1.29, 1.82) is 0 Å². The molecule has 2 aromatic carbocycles. The van der Waals surface area contributed by atoms with Crippen LogP contribution < -0.4 is 15.2 Å². The van der Waals surface area contributed by atoms with Gasteiger partial charge in [0.05, 0.1) is 11.5 Å². The van der Waals surface area contributed by atoms with Crippen LogP contribution in [0.5, 0.6) is 5.75 Å². The van der Waals surface area contributed by atoms with Gasteiger partial charge in [-0.25, -0.2) is 13.2 Å². The number of ether oxygens (including phenoxy) is 1. The van der Waals surface area contributed by atoms with E-state index >= 15 is 8.78 Å². The zero-order valence-corrected chi connectivity index (χ0v) is 25.7. The van der Waals surface area contributed by atoms with Gasteiger partial charge in [-0.1, -0.05) is 43.0 Å². The summed E-state index contributed by atoms with van der Waals surface area (Å²) in [7, 11) is -4.49. The van der Waals surface area contributed by atoms with Crippen molar-refractivity contribution in [2.75, 3.05) is 19.7 Å². The summed E-state index contributed by atoms with van der Waals surface area (Å²) in [5.41, 5.74) is 5.37. The number of rotatable bonds is 9. The molecule has 2 aliphatic rings. The van der Waals surface area contributed by atoms with Crippen molar-refractivity contribution in [1.82, 2.24) is 9.62 Å². The van der Waals surface area contributed by atoms with Crippen molar-refractivity contribution in [3.05, 3.63) is 59.1 Å². The minimum atomic E-state index is -5.08. The van der Waals surface area contributed by atoms with E-state index in [1.807, 2.05) is 4.72 Å². The molecule has 1 saturated heterocycles. The Morgan fingerprint density at radius 2 is 1.49 bits per heavy atom. The minimum absolute atomic E-state index is 0.134. The highest BCUT2D eigenvalue weighted by Crippen LogP contribution is 2.35. The maximum absolute atomic E-state index is 15.8. The van der Waals surface area contributed by atoms with Gasteiger partial charge in [-0.2, -0.15) is 26.7 Å². The van der Waals surface area contributed by atoms with E-state index in [1.54, 1.807) is 0 Å². The summed E-state index contributed by atoms with van der Waals surface area (Å²) in [6.07, 6.45) is 1.62. The summed E-state index contributed by atoms with van der Waals surface area (Å²) < 4.78 is 97.5. The summed E-state index contributed by atoms with van der Waals surface area (Å²) in [6, 6.07) is 7.80. The van der Waals surface area contributed by atoms with E-state index in [2.05, 4.69) is 0 Å². The van der Waals surface area contributed by atoms with Crippen LogP contribution in [0.25, 0.3) is 0 Å². The second kappa shape index (κ2) is 15.5. The minimum Gasteiger partial charge on any atom is -0.493 e. The lowest BCUT2D eigenvalue weighted by molar-refractivity contribution is -0.192. The van der Waals surface area contributed by atoms with Crippen LogP contribution in [0.2, 0.25) is 5.02 Å². The number of carbonyl (C=O) groups excluding carboxylic acids is 1. The number of halogens is 6. The number of hydrogen-bond donors (Lipinski definition) is 3. The molecule has 0 spiro atoms. The van der Waals surface area contributed by atoms with Gasteiger partial charge < -0.3 is 20.5 Å². The number of sulfonamides is 1. The van der Waals surface area contributed by atoms with Crippen molar-refractivity contribution in [2.24, 2.45) is 11.7 Å². The predicted molar refractivity (Wildman–Crippen MR) is 155 cm³/mol. The van der Waals surface area contributed by atoms with Crippen LogP contribution in [0, 0.1) is 5.92 Å². The average molecular weight is 684 g/mol. The molecule has 1 amide bonds. The van der Waals surface area contributed by atoms with E-state index < -0.39 is 45.6 Å². The van der Waals surface area contributed by atoms with E-state index in [0.717, 1.165) is 25.0 Å². The molecular formula is C29H35ClF5N3O6S. The number of alkyl halides is 5. The SMILES string of the molecule is NC1CCN(C(=O)[C@@H](NS(=O)(=O)c2ccc(OCC3CCCCC3)cc2)C(F)(F)c2ccc(Cl)cc2)CC1.O=C(O)C(F)(F)F. The van der Waals surface area contributed by atoms with Gasteiger partial charge in [0.2, 0.25) is 15.9 Å². The number of nitrogens with zero attached hydrogens (tertiary/aromatic N) is 1. The van der Waals surface area contributed by atoms with Crippen LogP contribution in [0.15, 0.2) is 53.4 Å². The molecule has 1 saturated carbocycles. The first-order valence-corrected chi connectivity index (χ1v) is 16.1. The van der Waals surface area contributed by atoms with Gasteiger partial charge in [-0.3, -0.25) is 4.79 Å². The molecule has 16 heteroatoms.